The molecule has 2 aliphatic rings. The summed E-state index contributed by atoms with van der Waals surface area (Å²) in [5.41, 5.74) is 0. The first-order chi connectivity index (χ1) is 48.6. The normalized spacial score (nSPS) is 22.0. The molecule has 0 aromatic rings. The zero-order chi connectivity index (χ0) is 71.5. The summed E-state index contributed by atoms with van der Waals surface area (Å²) in [6.45, 7) is 2.85. The predicted octanol–water partition coefficient (Wildman–Crippen LogP) is 20.0. The first-order valence-corrected chi connectivity index (χ1v) is 42.7. The number of nitrogens with one attached hydrogen (secondary N) is 1. The summed E-state index contributed by atoms with van der Waals surface area (Å²) in [5, 5.41) is 87.7. The molecule has 0 saturated carbocycles. The van der Waals surface area contributed by atoms with E-state index < -0.39 is 86.8 Å². The van der Waals surface area contributed by atoms with Gasteiger partial charge in [-0.05, 0) is 44.9 Å². The molecule has 12 atom stereocenters. The zero-order valence-electron chi connectivity index (χ0n) is 64.3. The van der Waals surface area contributed by atoms with Crippen LogP contribution in [0.3, 0.4) is 0 Å². The van der Waals surface area contributed by atoms with Gasteiger partial charge in [-0.15, -0.1) is 0 Å². The molecule has 1 amide bonds. The largest absolute Gasteiger partial charge is 0.394 e. The van der Waals surface area contributed by atoms with Gasteiger partial charge >= 0.3 is 0 Å². The van der Waals surface area contributed by atoms with Crippen LogP contribution in [0.2, 0.25) is 0 Å². The van der Waals surface area contributed by atoms with E-state index in [1.54, 1.807) is 6.08 Å². The molecule has 0 spiro atoms. The van der Waals surface area contributed by atoms with Crippen molar-refractivity contribution in [3.63, 3.8) is 0 Å². The number of hydrogen-bond acceptors (Lipinski definition) is 13. The lowest BCUT2D eigenvalue weighted by Gasteiger charge is -2.46. The Morgan fingerprint density at radius 2 is 0.646 bits per heavy atom. The second-order valence-corrected chi connectivity index (χ2v) is 30.3. The van der Waals surface area contributed by atoms with Gasteiger partial charge in [-0.3, -0.25) is 4.79 Å². The van der Waals surface area contributed by atoms with Crippen LogP contribution in [-0.4, -0.2) is 140 Å². The lowest BCUT2D eigenvalue weighted by Crippen LogP contribution is -2.65. The van der Waals surface area contributed by atoms with Crippen molar-refractivity contribution < 1.29 is 64.6 Å². The molecule has 0 aromatic heterocycles. The van der Waals surface area contributed by atoms with Gasteiger partial charge in [0.1, 0.15) is 48.8 Å². The van der Waals surface area contributed by atoms with Crippen molar-refractivity contribution in [3.8, 4) is 0 Å². The third-order valence-electron chi connectivity index (χ3n) is 21.1. The standard InChI is InChI=1S/C85H161NO13/c1-3-5-7-9-11-13-15-17-19-21-23-25-27-29-31-33-34-35-36-37-38-39-40-41-43-45-47-49-51-53-55-57-59-61-63-65-67-69-77(90)86-73(72-96-84-82(95)80(93)83(76(71-88)98-84)99-85-81(94)79(92)78(91)75(70-87)97-85)74(89)68-66-64-62-60-58-56-54-52-50-48-46-44-42-32-30-28-26-24-22-20-18-16-14-12-10-8-6-4-2/h50,52,58,60,66,68,73-76,78-85,87-89,91-95H,3-49,51,53-57,59,61-65,67,69-72H2,1-2H3,(H,86,90)/b52-50+,60-58+,68-66+. The Kier molecular flexibility index (Phi) is 65.3. The second-order valence-electron chi connectivity index (χ2n) is 30.3. The minimum absolute atomic E-state index is 0.244. The summed E-state index contributed by atoms with van der Waals surface area (Å²) in [6.07, 6.45) is 75.5. The topological polar surface area (TPSA) is 228 Å². The molecule has 2 aliphatic heterocycles. The molecule has 2 fully saturated rings. The number of aliphatic hydroxyl groups excluding tert-OH is 8. The number of carbonyl (C=O) groups is 1. The van der Waals surface area contributed by atoms with E-state index in [1.165, 1.54) is 327 Å². The van der Waals surface area contributed by atoms with Crippen molar-refractivity contribution in [2.75, 3.05) is 19.8 Å². The molecule has 2 saturated heterocycles. The van der Waals surface area contributed by atoms with E-state index in [1.807, 2.05) is 6.08 Å². The first-order valence-electron chi connectivity index (χ1n) is 42.7. The van der Waals surface area contributed by atoms with E-state index in [2.05, 4.69) is 43.5 Å². The van der Waals surface area contributed by atoms with Gasteiger partial charge in [0.05, 0.1) is 32.0 Å². The summed E-state index contributed by atoms with van der Waals surface area (Å²) in [7, 11) is 0. The maximum atomic E-state index is 13.4. The average molecular weight is 1410 g/mol. The molecule has 14 nitrogen and oxygen atoms in total. The third kappa shape index (κ3) is 51.9. The number of aliphatic hydroxyl groups is 8. The molecule has 0 aromatic carbocycles. The van der Waals surface area contributed by atoms with Crippen molar-refractivity contribution in [1.82, 2.24) is 5.32 Å². The van der Waals surface area contributed by atoms with E-state index in [9.17, 15) is 45.6 Å². The van der Waals surface area contributed by atoms with Crippen LogP contribution in [0.25, 0.3) is 0 Å². The van der Waals surface area contributed by atoms with E-state index in [-0.39, 0.29) is 18.9 Å². The van der Waals surface area contributed by atoms with Gasteiger partial charge in [0, 0.05) is 6.42 Å². The van der Waals surface area contributed by atoms with E-state index in [0.717, 1.165) is 44.9 Å². The fourth-order valence-corrected chi connectivity index (χ4v) is 14.3. The minimum Gasteiger partial charge on any atom is -0.394 e. The molecular formula is C85H161NO13. The van der Waals surface area contributed by atoms with Crippen LogP contribution in [0.5, 0.6) is 0 Å². The SMILES string of the molecule is CCCCCCCCCCCCCCCCCCCC/C=C/CC/C=C/CC/C=C/C(O)C(COC1OC(CO)C(OC2OC(CO)C(O)C(O)C2O)C(O)C1O)NC(=O)CCCCCCCCCCCCCCCCCCCCCCCCCCCCCCCCCCCCCCC. The molecule has 14 heteroatoms. The highest BCUT2D eigenvalue weighted by atomic mass is 16.7. The fraction of sp³-hybridized carbons (Fsp3) is 0.918. The molecule has 99 heavy (non-hydrogen) atoms. The van der Waals surface area contributed by atoms with Crippen LogP contribution in [0.4, 0.5) is 0 Å². The van der Waals surface area contributed by atoms with Crippen LogP contribution in [0.15, 0.2) is 36.5 Å². The quantitative estimate of drug-likeness (QED) is 0.0204. The molecule has 0 radical (unpaired) electrons. The number of ether oxygens (including phenoxy) is 4. The number of hydrogen-bond donors (Lipinski definition) is 9. The summed E-state index contributed by atoms with van der Waals surface area (Å²) in [4.78, 5) is 13.4. The predicted molar refractivity (Wildman–Crippen MR) is 411 cm³/mol. The maximum absolute atomic E-state index is 13.4. The molecule has 0 bridgehead atoms. The van der Waals surface area contributed by atoms with Crippen molar-refractivity contribution in [3.05, 3.63) is 36.5 Å². The highest BCUT2D eigenvalue weighted by molar-refractivity contribution is 5.76. The maximum Gasteiger partial charge on any atom is 0.220 e. The number of unbranched alkanes of at least 4 members (excludes halogenated alkanes) is 56. The lowest BCUT2D eigenvalue weighted by molar-refractivity contribution is -0.359. The molecular weight excluding hydrogens is 1240 g/mol. The van der Waals surface area contributed by atoms with Crippen LogP contribution in [-0.2, 0) is 23.7 Å². The number of rotatable bonds is 73. The van der Waals surface area contributed by atoms with Gasteiger partial charge in [-0.1, -0.05) is 391 Å². The summed E-state index contributed by atoms with van der Waals surface area (Å²) in [5.74, 6) is -0.244. The fourth-order valence-electron chi connectivity index (χ4n) is 14.3. The molecule has 9 N–H and O–H groups in total. The number of carbonyl (C=O) groups excluding carboxylic acids is 1. The smallest absolute Gasteiger partial charge is 0.220 e. The number of amides is 1. The Labute approximate surface area is 608 Å². The van der Waals surface area contributed by atoms with Crippen molar-refractivity contribution in [1.29, 1.82) is 0 Å². The number of allylic oxidation sites excluding steroid dienone is 5. The van der Waals surface area contributed by atoms with Crippen LogP contribution < -0.4 is 5.32 Å². The van der Waals surface area contributed by atoms with Crippen LogP contribution in [0.1, 0.15) is 406 Å². The minimum atomic E-state index is -1.79. The highest BCUT2D eigenvalue weighted by Crippen LogP contribution is 2.30. The average Bonchev–Trinajstić information content (AvgIpc) is 0.798. The van der Waals surface area contributed by atoms with Crippen LogP contribution >= 0.6 is 0 Å². The highest BCUT2D eigenvalue weighted by Gasteiger charge is 2.51. The summed E-state index contributed by atoms with van der Waals surface area (Å²) >= 11 is 0. The van der Waals surface area contributed by atoms with Gasteiger partial charge in [0.2, 0.25) is 5.91 Å². The monoisotopic (exact) mass is 1400 g/mol. The molecule has 0 aliphatic carbocycles. The Bertz CT molecular complexity index is 1800. The van der Waals surface area contributed by atoms with E-state index in [4.69, 9.17) is 18.9 Å². The van der Waals surface area contributed by atoms with Gasteiger partial charge in [-0.2, -0.15) is 0 Å². The molecule has 12 unspecified atom stereocenters. The Balaban J connectivity index is 1.59. The third-order valence-corrected chi connectivity index (χ3v) is 21.1. The summed E-state index contributed by atoms with van der Waals surface area (Å²) in [6, 6.07) is -0.938. The van der Waals surface area contributed by atoms with Crippen molar-refractivity contribution >= 4 is 5.91 Å². The Morgan fingerprint density at radius 3 is 0.990 bits per heavy atom. The molecule has 2 heterocycles. The lowest BCUT2D eigenvalue weighted by atomic mass is 9.97. The van der Waals surface area contributed by atoms with Gasteiger partial charge in [0.15, 0.2) is 12.6 Å². The van der Waals surface area contributed by atoms with Gasteiger partial charge in [0.25, 0.3) is 0 Å². The van der Waals surface area contributed by atoms with Gasteiger partial charge in [-0.25, -0.2) is 0 Å². The molecule has 2 rings (SSSR count). The van der Waals surface area contributed by atoms with Crippen molar-refractivity contribution in [2.45, 2.75) is 479 Å². The van der Waals surface area contributed by atoms with Crippen LogP contribution in [0, 0.1) is 0 Å². The first kappa shape index (κ1) is 93.3. The Morgan fingerprint density at radius 1 is 0.354 bits per heavy atom. The van der Waals surface area contributed by atoms with E-state index >= 15 is 0 Å². The second kappa shape index (κ2) is 69.3. The molecule has 584 valence electrons. The van der Waals surface area contributed by atoms with E-state index in [0.29, 0.717) is 12.8 Å². The van der Waals surface area contributed by atoms with Crippen molar-refractivity contribution in [2.24, 2.45) is 0 Å². The van der Waals surface area contributed by atoms with Gasteiger partial charge < -0.3 is 65.1 Å². The zero-order valence-corrected chi connectivity index (χ0v) is 64.3. The Hall–Kier alpha value is -1.79. The summed E-state index contributed by atoms with van der Waals surface area (Å²) < 4.78 is 22.9.